The predicted molar refractivity (Wildman–Crippen MR) is 123 cm³/mol. The van der Waals surface area contributed by atoms with Gasteiger partial charge in [-0.3, -0.25) is 10.1 Å². The van der Waals surface area contributed by atoms with Gasteiger partial charge in [-0.15, -0.1) is 10.2 Å². The number of nitro benzene ring substituents is 1. The minimum Gasteiger partial charge on any atom is -0.457 e. The molecule has 0 saturated carbocycles. The number of hydrogen-bond donors (Lipinski definition) is 0. The fourth-order valence-corrected chi connectivity index (χ4v) is 4.27. The summed E-state index contributed by atoms with van der Waals surface area (Å²) >= 11 is 7.50. The third-order valence-electron chi connectivity index (χ3n) is 4.78. The number of furan rings is 1. The van der Waals surface area contributed by atoms with Gasteiger partial charge in [-0.1, -0.05) is 23.7 Å². The van der Waals surface area contributed by atoms with Gasteiger partial charge >= 0.3 is 0 Å². The standard InChI is InChI=1S/C22H14ClN5O3S/c1-13-24-25-22-27(13)26-21(15-2-6-16(23)7-3-15)20(32-22)12-18-10-11-19(31-18)14-4-8-17(9-5-14)28(29)30/h2-12H,1H3/b20-12-. The van der Waals surface area contributed by atoms with Crippen LogP contribution in [0.2, 0.25) is 5.02 Å². The van der Waals surface area contributed by atoms with Crippen LogP contribution in [0.1, 0.15) is 17.1 Å². The van der Waals surface area contributed by atoms with Crippen LogP contribution in [0.25, 0.3) is 17.4 Å². The minimum atomic E-state index is -0.430. The molecule has 0 unspecified atom stereocenters. The molecule has 0 N–H and O–H groups in total. The molecule has 0 amide bonds. The van der Waals surface area contributed by atoms with E-state index in [2.05, 4.69) is 10.2 Å². The van der Waals surface area contributed by atoms with Crippen molar-refractivity contribution >= 4 is 40.8 Å². The Kier molecular flexibility index (Phi) is 5.12. The summed E-state index contributed by atoms with van der Waals surface area (Å²) in [7, 11) is 0. The summed E-state index contributed by atoms with van der Waals surface area (Å²) in [4.78, 5) is 11.3. The van der Waals surface area contributed by atoms with Gasteiger partial charge in [-0.05, 0) is 61.2 Å². The highest BCUT2D eigenvalue weighted by Crippen LogP contribution is 2.36. The van der Waals surface area contributed by atoms with E-state index < -0.39 is 4.92 Å². The van der Waals surface area contributed by atoms with Gasteiger partial charge in [-0.2, -0.15) is 9.78 Å². The van der Waals surface area contributed by atoms with Crippen LogP contribution in [-0.4, -0.2) is 25.5 Å². The SMILES string of the molecule is Cc1nnc2n1N=C(c1ccc(Cl)cc1)/C(=C/c1ccc(-c3ccc([N+](=O)[O-])cc3)o1)S2. The quantitative estimate of drug-likeness (QED) is 0.280. The molecule has 1 aliphatic rings. The lowest BCUT2D eigenvalue weighted by atomic mass is 10.1. The molecule has 8 nitrogen and oxygen atoms in total. The van der Waals surface area contributed by atoms with E-state index in [0.29, 0.717) is 27.5 Å². The van der Waals surface area contributed by atoms with Gasteiger partial charge in [0.2, 0.25) is 5.16 Å². The van der Waals surface area contributed by atoms with Crippen LogP contribution in [0.15, 0.2) is 80.2 Å². The molecule has 0 spiro atoms. The van der Waals surface area contributed by atoms with Crippen molar-refractivity contribution in [2.45, 2.75) is 12.1 Å². The molecular formula is C22H14ClN5O3S. The molecular weight excluding hydrogens is 450 g/mol. The average Bonchev–Trinajstić information content (AvgIpc) is 3.41. The number of non-ortho nitro benzene ring substituents is 1. The van der Waals surface area contributed by atoms with Crippen LogP contribution < -0.4 is 0 Å². The molecule has 0 bridgehead atoms. The summed E-state index contributed by atoms with van der Waals surface area (Å²) < 4.78 is 7.70. The summed E-state index contributed by atoms with van der Waals surface area (Å²) in [6.45, 7) is 1.84. The molecule has 0 aliphatic carbocycles. The Labute approximate surface area is 191 Å². The molecule has 32 heavy (non-hydrogen) atoms. The van der Waals surface area contributed by atoms with Crippen molar-refractivity contribution < 1.29 is 9.34 Å². The maximum atomic E-state index is 10.9. The summed E-state index contributed by atoms with van der Waals surface area (Å²) in [5.74, 6) is 1.92. The highest BCUT2D eigenvalue weighted by Gasteiger charge is 2.23. The van der Waals surface area contributed by atoms with Crippen LogP contribution in [0, 0.1) is 17.0 Å². The molecule has 3 heterocycles. The van der Waals surface area contributed by atoms with Crippen molar-refractivity contribution in [1.82, 2.24) is 14.9 Å². The fraction of sp³-hybridized carbons (Fsp3) is 0.0455. The largest absolute Gasteiger partial charge is 0.457 e. The summed E-state index contributed by atoms with van der Waals surface area (Å²) in [6.07, 6.45) is 1.89. The van der Waals surface area contributed by atoms with Crippen LogP contribution in [0.3, 0.4) is 0 Å². The molecule has 2 aromatic carbocycles. The van der Waals surface area contributed by atoms with Gasteiger partial charge in [0.25, 0.3) is 5.69 Å². The first-order valence-electron chi connectivity index (χ1n) is 9.49. The number of allylic oxidation sites excluding steroid dienone is 1. The predicted octanol–water partition coefficient (Wildman–Crippen LogP) is 5.81. The molecule has 0 saturated heterocycles. The zero-order valence-electron chi connectivity index (χ0n) is 16.6. The van der Waals surface area contributed by atoms with E-state index in [4.69, 9.17) is 21.1 Å². The monoisotopic (exact) mass is 463 g/mol. The Morgan fingerprint density at radius 2 is 1.75 bits per heavy atom. The zero-order valence-corrected chi connectivity index (χ0v) is 18.2. The fourth-order valence-electron chi connectivity index (χ4n) is 3.18. The van der Waals surface area contributed by atoms with E-state index in [1.165, 1.54) is 23.9 Å². The van der Waals surface area contributed by atoms with Crippen molar-refractivity contribution in [1.29, 1.82) is 0 Å². The first-order valence-corrected chi connectivity index (χ1v) is 10.7. The van der Waals surface area contributed by atoms with Crippen LogP contribution in [0.5, 0.6) is 0 Å². The Morgan fingerprint density at radius 1 is 1.03 bits per heavy atom. The van der Waals surface area contributed by atoms with Gasteiger partial charge in [0.1, 0.15) is 17.2 Å². The number of aryl methyl sites for hydroxylation is 1. The van der Waals surface area contributed by atoms with Crippen molar-refractivity contribution in [3.05, 3.63) is 97.9 Å². The number of aromatic nitrogens is 3. The number of benzene rings is 2. The topological polar surface area (TPSA) is 99.3 Å². The summed E-state index contributed by atoms with van der Waals surface area (Å²) in [6, 6.07) is 17.3. The summed E-state index contributed by atoms with van der Waals surface area (Å²) in [5, 5.41) is 25.2. The lowest BCUT2D eigenvalue weighted by molar-refractivity contribution is -0.384. The van der Waals surface area contributed by atoms with Gasteiger partial charge in [0.05, 0.1) is 4.92 Å². The van der Waals surface area contributed by atoms with Crippen LogP contribution in [0.4, 0.5) is 5.69 Å². The van der Waals surface area contributed by atoms with Crippen molar-refractivity contribution in [2.75, 3.05) is 0 Å². The number of rotatable bonds is 4. The Morgan fingerprint density at radius 3 is 2.47 bits per heavy atom. The second-order valence-electron chi connectivity index (χ2n) is 6.91. The normalized spacial score (nSPS) is 14.3. The average molecular weight is 464 g/mol. The Balaban J connectivity index is 1.52. The Hall–Kier alpha value is -3.69. The first-order chi connectivity index (χ1) is 15.5. The number of nitrogens with zero attached hydrogens (tertiary/aromatic N) is 5. The number of halogens is 1. The molecule has 5 rings (SSSR count). The van der Waals surface area contributed by atoms with E-state index in [9.17, 15) is 10.1 Å². The second-order valence-corrected chi connectivity index (χ2v) is 8.36. The van der Waals surface area contributed by atoms with E-state index >= 15 is 0 Å². The molecule has 0 fully saturated rings. The number of thioether (sulfide) groups is 1. The molecule has 0 radical (unpaired) electrons. The molecule has 1 aliphatic heterocycles. The van der Waals surface area contributed by atoms with Crippen molar-refractivity contribution in [3.63, 3.8) is 0 Å². The summed E-state index contributed by atoms with van der Waals surface area (Å²) in [5.41, 5.74) is 2.42. The zero-order chi connectivity index (χ0) is 22.2. The molecule has 158 valence electrons. The second kappa shape index (κ2) is 8.10. The molecule has 10 heteroatoms. The number of nitro groups is 1. The van der Waals surface area contributed by atoms with Gasteiger partial charge in [0.15, 0.2) is 5.82 Å². The maximum Gasteiger partial charge on any atom is 0.269 e. The smallest absolute Gasteiger partial charge is 0.269 e. The third-order valence-corrected chi connectivity index (χ3v) is 6.00. The van der Waals surface area contributed by atoms with Crippen LogP contribution in [-0.2, 0) is 0 Å². The first kappa shape index (κ1) is 20.2. The van der Waals surface area contributed by atoms with E-state index in [1.54, 1.807) is 16.8 Å². The molecule has 4 aromatic rings. The lowest BCUT2D eigenvalue weighted by Gasteiger charge is -2.16. The third kappa shape index (κ3) is 3.83. The number of hydrogen-bond acceptors (Lipinski definition) is 7. The molecule has 2 aromatic heterocycles. The van der Waals surface area contributed by atoms with E-state index in [0.717, 1.165) is 21.7 Å². The van der Waals surface area contributed by atoms with Crippen LogP contribution >= 0.6 is 23.4 Å². The van der Waals surface area contributed by atoms with Crippen molar-refractivity contribution in [2.24, 2.45) is 5.10 Å². The Bertz CT molecular complexity index is 1390. The van der Waals surface area contributed by atoms with E-state index in [-0.39, 0.29) is 5.69 Å². The molecule has 0 atom stereocenters. The number of fused-ring (bicyclic) bond motifs is 1. The van der Waals surface area contributed by atoms with Crippen molar-refractivity contribution in [3.8, 4) is 11.3 Å². The minimum absolute atomic E-state index is 0.0319. The highest BCUT2D eigenvalue weighted by atomic mass is 35.5. The highest BCUT2D eigenvalue weighted by molar-refractivity contribution is 8.04. The maximum absolute atomic E-state index is 10.9. The van der Waals surface area contributed by atoms with Gasteiger partial charge in [0, 0.05) is 33.2 Å². The lowest BCUT2D eigenvalue weighted by Crippen LogP contribution is -2.12. The van der Waals surface area contributed by atoms with E-state index in [1.807, 2.05) is 49.4 Å². The van der Waals surface area contributed by atoms with Gasteiger partial charge < -0.3 is 4.42 Å². The van der Waals surface area contributed by atoms with Gasteiger partial charge in [-0.25, -0.2) is 0 Å².